The number of alkyl halides is 3. The Morgan fingerprint density at radius 3 is 2.69 bits per heavy atom. The molecule has 1 fully saturated rings. The molecule has 76 valence electrons. The molecule has 0 aromatic heterocycles. The quantitative estimate of drug-likeness (QED) is 0.672. The monoisotopic (exact) mass is 196 g/mol. The van der Waals surface area contributed by atoms with Gasteiger partial charge in [0.25, 0.3) is 0 Å². The van der Waals surface area contributed by atoms with Crippen LogP contribution in [0.5, 0.6) is 0 Å². The maximum Gasteiger partial charge on any atom is 0.397 e. The van der Waals surface area contributed by atoms with Crippen molar-refractivity contribution in [2.75, 3.05) is 13.1 Å². The van der Waals surface area contributed by atoms with E-state index in [0.717, 1.165) is 6.54 Å². The molecule has 6 heteroatoms. The number of nitrogens with one attached hydrogen (secondary N) is 2. The van der Waals surface area contributed by atoms with E-state index in [4.69, 9.17) is 0 Å². The fraction of sp³-hybridized carbons (Fsp3) is 0.857. The lowest BCUT2D eigenvalue weighted by Gasteiger charge is -2.12. The average Bonchev–Trinajstić information content (AvgIpc) is 2.34. The Morgan fingerprint density at radius 2 is 2.23 bits per heavy atom. The van der Waals surface area contributed by atoms with Crippen molar-refractivity contribution in [3.63, 3.8) is 0 Å². The van der Waals surface area contributed by atoms with Crippen molar-refractivity contribution >= 4 is 5.91 Å². The SMILES string of the molecule is O=C(CC(F)(F)F)N[C@@H]1CCNC1. The molecule has 1 aliphatic rings. The van der Waals surface area contributed by atoms with Gasteiger partial charge in [-0.15, -0.1) is 0 Å². The predicted octanol–water partition coefficient (Wildman–Crippen LogP) is 0.417. The summed E-state index contributed by atoms with van der Waals surface area (Å²) in [6.07, 6.45) is -5.09. The minimum absolute atomic E-state index is 0.144. The third-order valence-corrected chi connectivity index (χ3v) is 1.79. The van der Waals surface area contributed by atoms with Crippen molar-refractivity contribution in [3.8, 4) is 0 Å². The maximum absolute atomic E-state index is 11.7. The van der Waals surface area contributed by atoms with Crippen LogP contribution in [0.2, 0.25) is 0 Å². The van der Waals surface area contributed by atoms with Gasteiger partial charge in [0.05, 0.1) is 0 Å². The predicted molar refractivity (Wildman–Crippen MR) is 40.1 cm³/mol. The molecule has 0 radical (unpaired) electrons. The van der Waals surface area contributed by atoms with E-state index in [0.29, 0.717) is 13.0 Å². The van der Waals surface area contributed by atoms with E-state index in [1.807, 2.05) is 0 Å². The number of halogens is 3. The standard InChI is InChI=1S/C7H11F3N2O/c8-7(9,10)3-6(13)12-5-1-2-11-4-5/h5,11H,1-4H2,(H,12,13)/t5-/m1/s1. The molecule has 1 atom stereocenters. The van der Waals surface area contributed by atoms with E-state index in [-0.39, 0.29) is 6.04 Å². The zero-order valence-electron chi connectivity index (χ0n) is 6.95. The molecule has 0 aromatic rings. The Morgan fingerprint density at radius 1 is 1.54 bits per heavy atom. The molecule has 1 saturated heterocycles. The first kappa shape index (κ1) is 10.3. The molecule has 0 aliphatic carbocycles. The zero-order chi connectivity index (χ0) is 9.90. The highest BCUT2D eigenvalue weighted by atomic mass is 19.4. The third kappa shape index (κ3) is 4.12. The Bertz CT molecular complexity index is 187. The van der Waals surface area contributed by atoms with E-state index in [2.05, 4.69) is 10.6 Å². The number of rotatable bonds is 2. The molecule has 3 nitrogen and oxygen atoms in total. The van der Waals surface area contributed by atoms with Gasteiger partial charge in [-0.05, 0) is 13.0 Å². The fourth-order valence-electron chi connectivity index (χ4n) is 1.24. The van der Waals surface area contributed by atoms with Crippen LogP contribution in [0.25, 0.3) is 0 Å². The average molecular weight is 196 g/mol. The van der Waals surface area contributed by atoms with Crippen LogP contribution in [-0.2, 0) is 4.79 Å². The Balaban J connectivity index is 2.24. The summed E-state index contributed by atoms with van der Waals surface area (Å²) in [5.41, 5.74) is 0. The summed E-state index contributed by atoms with van der Waals surface area (Å²) < 4.78 is 35.1. The van der Waals surface area contributed by atoms with Crippen molar-refractivity contribution in [1.29, 1.82) is 0 Å². The molecule has 2 N–H and O–H groups in total. The lowest BCUT2D eigenvalue weighted by Crippen LogP contribution is -2.38. The van der Waals surface area contributed by atoms with Crippen LogP contribution in [0.4, 0.5) is 13.2 Å². The Labute approximate surface area is 73.7 Å². The van der Waals surface area contributed by atoms with Gasteiger partial charge in [-0.1, -0.05) is 0 Å². The van der Waals surface area contributed by atoms with Crippen LogP contribution in [0.1, 0.15) is 12.8 Å². The van der Waals surface area contributed by atoms with E-state index < -0.39 is 18.5 Å². The van der Waals surface area contributed by atoms with Crippen molar-refractivity contribution in [2.45, 2.75) is 25.1 Å². The first-order valence-corrected chi connectivity index (χ1v) is 4.04. The first-order chi connectivity index (χ1) is 5.97. The third-order valence-electron chi connectivity index (χ3n) is 1.79. The number of hydrogen-bond donors (Lipinski definition) is 2. The second-order valence-corrected chi connectivity index (χ2v) is 3.05. The van der Waals surface area contributed by atoms with Crippen molar-refractivity contribution in [3.05, 3.63) is 0 Å². The summed E-state index contributed by atoms with van der Waals surface area (Å²) in [7, 11) is 0. The van der Waals surface area contributed by atoms with Crippen LogP contribution in [-0.4, -0.2) is 31.2 Å². The highest BCUT2D eigenvalue weighted by molar-refractivity contribution is 5.76. The lowest BCUT2D eigenvalue weighted by molar-refractivity contribution is -0.154. The molecular weight excluding hydrogens is 185 g/mol. The zero-order valence-corrected chi connectivity index (χ0v) is 6.95. The van der Waals surface area contributed by atoms with Gasteiger partial charge in [0, 0.05) is 12.6 Å². The smallest absolute Gasteiger partial charge is 0.352 e. The summed E-state index contributed by atoms with van der Waals surface area (Å²) in [5, 5.41) is 5.26. The summed E-state index contributed by atoms with van der Waals surface area (Å²) in [4.78, 5) is 10.8. The van der Waals surface area contributed by atoms with Crippen molar-refractivity contribution in [1.82, 2.24) is 10.6 Å². The molecule has 0 bridgehead atoms. The molecule has 1 amide bonds. The summed E-state index contributed by atoms with van der Waals surface area (Å²) >= 11 is 0. The van der Waals surface area contributed by atoms with Crippen LogP contribution < -0.4 is 10.6 Å². The normalized spacial score (nSPS) is 23.2. The number of carbonyl (C=O) groups excluding carboxylic acids is 1. The molecule has 13 heavy (non-hydrogen) atoms. The minimum atomic E-state index is -4.41. The van der Waals surface area contributed by atoms with Gasteiger partial charge in [0.15, 0.2) is 0 Å². The number of amides is 1. The molecule has 0 aromatic carbocycles. The molecule has 1 rings (SSSR count). The van der Waals surface area contributed by atoms with Gasteiger partial charge in [-0.3, -0.25) is 4.79 Å². The topological polar surface area (TPSA) is 41.1 Å². The molecule has 0 spiro atoms. The fourth-order valence-corrected chi connectivity index (χ4v) is 1.24. The van der Waals surface area contributed by atoms with E-state index in [1.54, 1.807) is 0 Å². The van der Waals surface area contributed by atoms with Crippen molar-refractivity contribution < 1.29 is 18.0 Å². The van der Waals surface area contributed by atoms with Crippen molar-refractivity contribution in [2.24, 2.45) is 0 Å². The lowest BCUT2D eigenvalue weighted by atomic mass is 10.2. The van der Waals surface area contributed by atoms with Gasteiger partial charge in [-0.25, -0.2) is 0 Å². The minimum Gasteiger partial charge on any atom is -0.352 e. The van der Waals surface area contributed by atoms with Gasteiger partial charge in [-0.2, -0.15) is 13.2 Å². The van der Waals surface area contributed by atoms with Gasteiger partial charge >= 0.3 is 6.18 Å². The van der Waals surface area contributed by atoms with E-state index in [1.165, 1.54) is 0 Å². The molecule has 1 aliphatic heterocycles. The van der Waals surface area contributed by atoms with Gasteiger partial charge in [0.1, 0.15) is 6.42 Å². The highest BCUT2D eigenvalue weighted by Gasteiger charge is 2.32. The summed E-state index contributed by atoms with van der Waals surface area (Å²) in [6, 6.07) is -0.144. The molecule has 0 saturated carbocycles. The molecule has 1 heterocycles. The van der Waals surface area contributed by atoms with Crippen LogP contribution in [0.3, 0.4) is 0 Å². The van der Waals surface area contributed by atoms with Crippen LogP contribution >= 0.6 is 0 Å². The van der Waals surface area contributed by atoms with E-state index >= 15 is 0 Å². The summed E-state index contributed by atoms with van der Waals surface area (Å²) in [5.74, 6) is -0.943. The number of carbonyl (C=O) groups is 1. The van der Waals surface area contributed by atoms with Gasteiger partial charge in [0.2, 0.25) is 5.91 Å². The van der Waals surface area contributed by atoms with Crippen LogP contribution in [0, 0.1) is 0 Å². The van der Waals surface area contributed by atoms with Crippen LogP contribution in [0.15, 0.2) is 0 Å². The Kier molecular flexibility index (Phi) is 3.13. The summed E-state index contributed by atoms with van der Waals surface area (Å²) in [6.45, 7) is 1.31. The highest BCUT2D eigenvalue weighted by Crippen LogP contribution is 2.19. The molecule has 0 unspecified atom stereocenters. The second kappa shape index (κ2) is 3.95. The second-order valence-electron chi connectivity index (χ2n) is 3.05. The first-order valence-electron chi connectivity index (χ1n) is 4.04. The molecular formula is C7H11F3N2O. The van der Waals surface area contributed by atoms with Gasteiger partial charge < -0.3 is 10.6 Å². The van der Waals surface area contributed by atoms with E-state index in [9.17, 15) is 18.0 Å². The largest absolute Gasteiger partial charge is 0.397 e. The Hall–Kier alpha value is -0.780. The maximum atomic E-state index is 11.7. The number of hydrogen-bond acceptors (Lipinski definition) is 2.